The minimum absolute atomic E-state index is 0.0225. The Balaban J connectivity index is 1.65. The zero-order chi connectivity index (χ0) is 17.5. The highest BCUT2D eigenvalue weighted by atomic mass is 32.2. The van der Waals surface area contributed by atoms with Crippen LogP contribution in [0.15, 0.2) is 48.1 Å². The van der Waals surface area contributed by atoms with Crippen LogP contribution in [0, 0.1) is 0 Å². The molecule has 1 aromatic heterocycles. The van der Waals surface area contributed by atoms with Gasteiger partial charge in [-0.05, 0) is 35.4 Å². The molecule has 1 aliphatic rings. The van der Waals surface area contributed by atoms with Crippen LogP contribution in [0.4, 0.5) is 5.69 Å². The van der Waals surface area contributed by atoms with Crippen LogP contribution in [-0.4, -0.2) is 38.4 Å². The van der Waals surface area contributed by atoms with Crippen molar-refractivity contribution in [1.82, 2.24) is 20.2 Å². The van der Waals surface area contributed by atoms with Crippen molar-refractivity contribution in [2.24, 2.45) is 0 Å². The molecule has 0 N–H and O–H groups in total. The van der Waals surface area contributed by atoms with E-state index >= 15 is 0 Å². The minimum Gasteiger partial charge on any atom is -0.308 e. The number of nitrogens with zero attached hydrogens (tertiary/aromatic N) is 5. The number of hydrogen-bond donors (Lipinski definition) is 0. The van der Waals surface area contributed by atoms with Crippen molar-refractivity contribution in [3.63, 3.8) is 0 Å². The Morgan fingerprint density at radius 1 is 1.28 bits per heavy atom. The summed E-state index contributed by atoms with van der Waals surface area (Å²) < 4.78 is 1.90. The van der Waals surface area contributed by atoms with Crippen LogP contribution in [0.1, 0.15) is 38.1 Å². The first kappa shape index (κ1) is 17.7. The van der Waals surface area contributed by atoms with Crippen LogP contribution in [-0.2, 0) is 4.79 Å². The predicted molar refractivity (Wildman–Crippen MR) is 99.7 cm³/mol. The first-order valence-electron chi connectivity index (χ1n) is 8.66. The Hall–Kier alpha value is -2.15. The molecule has 0 unspecified atom stereocenters. The quantitative estimate of drug-likeness (QED) is 0.561. The van der Waals surface area contributed by atoms with Gasteiger partial charge in [-0.25, -0.2) is 4.68 Å². The summed E-state index contributed by atoms with van der Waals surface area (Å²) in [4.78, 5) is 14.4. The molecule has 0 radical (unpaired) electrons. The first-order chi connectivity index (χ1) is 12.3. The highest BCUT2D eigenvalue weighted by Gasteiger charge is 2.22. The smallest absolute Gasteiger partial charge is 0.237 e. The van der Waals surface area contributed by atoms with Crippen molar-refractivity contribution in [1.29, 1.82) is 0 Å². The molecule has 1 fully saturated rings. The zero-order valence-corrected chi connectivity index (χ0v) is 15.1. The predicted octanol–water partition coefficient (Wildman–Crippen LogP) is 3.49. The number of carbonyl (C=O) groups is 1. The van der Waals surface area contributed by atoms with Crippen LogP contribution in [0.2, 0.25) is 0 Å². The number of benzene rings is 1. The van der Waals surface area contributed by atoms with Gasteiger partial charge in [-0.2, -0.15) is 0 Å². The molecule has 0 bridgehead atoms. The van der Waals surface area contributed by atoms with Crippen molar-refractivity contribution in [2.75, 3.05) is 17.2 Å². The molecule has 0 atom stereocenters. The van der Waals surface area contributed by atoms with Gasteiger partial charge in [0.25, 0.3) is 0 Å². The SMILES string of the molecule is C=CCN(C(=O)CSc1nnnn1C1CCCCC1)c1ccccc1. The normalized spacial score (nSPS) is 15.0. The van der Waals surface area contributed by atoms with E-state index in [1.807, 2.05) is 35.0 Å². The third-order valence-corrected chi connectivity index (χ3v) is 5.31. The second-order valence-electron chi connectivity index (χ2n) is 6.12. The third kappa shape index (κ3) is 4.48. The number of amides is 1. The van der Waals surface area contributed by atoms with E-state index in [0.29, 0.717) is 18.3 Å². The number of para-hydroxylation sites is 1. The fourth-order valence-corrected chi connectivity index (χ4v) is 3.95. The van der Waals surface area contributed by atoms with Gasteiger partial charge in [0.05, 0.1) is 11.8 Å². The van der Waals surface area contributed by atoms with E-state index in [1.54, 1.807) is 11.0 Å². The highest BCUT2D eigenvalue weighted by molar-refractivity contribution is 7.99. The Morgan fingerprint density at radius 2 is 2.04 bits per heavy atom. The second-order valence-corrected chi connectivity index (χ2v) is 7.06. The lowest BCUT2D eigenvalue weighted by molar-refractivity contribution is -0.116. The summed E-state index contributed by atoms with van der Waals surface area (Å²) in [5.74, 6) is 0.324. The van der Waals surface area contributed by atoms with E-state index in [4.69, 9.17) is 0 Å². The van der Waals surface area contributed by atoms with Crippen molar-refractivity contribution in [3.8, 4) is 0 Å². The van der Waals surface area contributed by atoms with Crippen LogP contribution >= 0.6 is 11.8 Å². The van der Waals surface area contributed by atoms with E-state index in [0.717, 1.165) is 23.7 Å². The Bertz CT molecular complexity index is 697. The van der Waals surface area contributed by atoms with Gasteiger partial charge in [0.15, 0.2) is 0 Å². The average molecular weight is 357 g/mol. The van der Waals surface area contributed by atoms with E-state index in [-0.39, 0.29) is 5.91 Å². The van der Waals surface area contributed by atoms with Crippen molar-refractivity contribution in [3.05, 3.63) is 43.0 Å². The van der Waals surface area contributed by atoms with Gasteiger partial charge in [0, 0.05) is 12.2 Å². The van der Waals surface area contributed by atoms with Crippen LogP contribution in [0.5, 0.6) is 0 Å². The number of thioether (sulfide) groups is 1. The van der Waals surface area contributed by atoms with Gasteiger partial charge in [0.2, 0.25) is 11.1 Å². The number of hydrogen-bond acceptors (Lipinski definition) is 5. The molecule has 7 heteroatoms. The molecule has 2 aromatic rings. The molecular weight excluding hydrogens is 334 g/mol. The van der Waals surface area contributed by atoms with Crippen molar-refractivity contribution in [2.45, 2.75) is 43.3 Å². The van der Waals surface area contributed by atoms with Gasteiger partial charge in [0.1, 0.15) is 0 Å². The van der Waals surface area contributed by atoms with E-state index in [2.05, 4.69) is 22.1 Å². The average Bonchev–Trinajstić information content (AvgIpc) is 3.14. The summed E-state index contributed by atoms with van der Waals surface area (Å²) in [5.41, 5.74) is 0.875. The molecular formula is C18H23N5OS. The fourth-order valence-electron chi connectivity index (χ4n) is 3.13. The van der Waals surface area contributed by atoms with Gasteiger partial charge >= 0.3 is 0 Å². The summed E-state index contributed by atoms with van der Waals surface area (Å²) in [6.45, 7) is 4.24. The number of tetrazole rings is 1. The molecule has 0 saturated heterocycles. The third-order valence-electron chi connectivity index (χ3n) is 4.39. The molecule has 1 aromatic carbocycles. The minimum atomic E-state index is 0.0225. The van der Waals surface area contributed by atoms with E-state index in [1.165, 1.54) is 31.0 Å². The molecule has 0 spiro atoms. The largest absolute Gasteiger partial charge is 0.308 e. The topological polar surface area (TPSA) is 63.9 Å². The maximum absolute atomic E-state index is 12.7. The summed E-state index contributed by atoms with van der Waals surface area (Å²) in [6.07, 6.45) is 7.68. The van der Waals surface area contributed by atoms with Crippen LogP contribution in [0.3, 0.4) is 0 Å². The maximum Gasteiger partial charge on any atom is 0.237 e. The summed E-state index contributed by atoms with van der Waals surface area (Å²) in [5, 5.41) is 12.8. The number of anilines is 1. The summed E-state index contributed by atoms with van der Waals surface area (Å²) in [6, 6.07) is 10.0. The summed E-state index contributed by atoms with van der Waals surface area (Å²) >= 11 is 1.41. The second kappa shape index (κ2) is 8.80. The Kier molecular flexibility index (Phi) is 6.22. The molecule has 1 saturated carbocycles. The lowest BCUT2D eigenvalue weighted by atomic mass is 9.96. The van der Waals surface area contributed by atoms with Gasteiger partial charge in [-0.1, -0.05) is 55.3 Å². The molecule has 1 amide bonds. The molecule has 6 nitrogen and oxygen atoms in total. The van der Waals surface area contributed by atoms with E-state index in [9.17, 15) is 4.79 Å². The zero-order valence-electron chi connectivity index (χ0n) is 14.3. The maximum atomic E-state index is 12.7. The van der Waals surface area contributed by atoms with Crippen LogP contribution < -0.4 is 4.90 Å². The molecule has 1 heterocycles. The van der Waals surface area contributed by atoms with Gasteiger partial charge in [-0.15, -0.1) is 11.7 Å². The standard InChI is InChI=1S/C18H23N5OS/c1-2-13-22(15-9-5-3-6-10-15)17(24)14-25-18-19-20-21-23(18)16-11-7-4-8-12-16/h2-3,5-6,9-10,16H,1,4,7-8,11-14H2. The first-order valence-corrected chi connectivity index (χ1v) is 9.65. The number of aromatic nitrogens is 4. The number of rotatable bonds is 7. The lowest BCUT2D eigenvalue weighted by Crippen LogP contribution is -2.32. The van der Waals surface area contributed by atoms with Crippen molar-refractivity contribution >= 4 is 23.4 Å². The fraction of sp³-hybridized carbons (Fsp3) is 0.444. The molecule has 1 aliphatic carbocycles. The Morgan fingerprint density at radius 3 is 2.76 bits per heavy atom. The van der Waals surface area contributed by atoms with E-state index < -0.39 is 0 Å². The Labute approximate surface area is 152 Å². The number of carbonyl (C=O) groups excluding carboxylic acids is 1. The molecule has 25 heavy (non-hydrogen) atoms. The highest BCUT2D eigenvalue weighted by Crippen LogP contribution is 2.30. The monoisotopic (exact) mass is 357 g/mol. The van der Waals surface area contributed by atoms with Crippen molar-refractivity contribution < 1.29 is 4.79 Å². The van der Waals surface area contributed by atoms with Gasteiger partial charge in [-0.3, -0.25) is 4.79 Å². The van der Waals surface area contributed by atoms with Crippen LogP contribution in [0.25, 0.3) is 0 Å². The molecule has 3 rings (SSSR count). The van der Waals surface area contributed by atoms with Gasteiger partial charge < -0.3 is 4.90 Å². The summed E-state index contributed by atoms with van der Waals surface area (Å²) in [7, 11) is 0. The molecule has 132 valence electrons. The lowest BCUT2D eigenvalue weighted by Gasteiger charge is -2.23. The molecule has 0 aliphatic heterocycles.